The molecule has 0 aliphatic carbocycles. The highest BCUT2D eigenvalue weighted by atomic mass is 16.4. The zero-order valence-electron chi connectivity index (χ0n) is 21.1. The molecule has 0 aromatic carbocycles. The number of aliphatic carboxylic acids is 4. The van der Waals surface area contributed by atoms with Crippen LogP contribution in [0, 0.1) is 0 Å². The highest BCUT2D eigenvalue weighted by Crippen LogP contribution is 2.04. The Bertz CT molecular complexity index is 737. The maximum absolute atomic E-state index is 12.7. The number of amides is 1. The van der Waals surface area contributed by atoms with Crippen molar-refractivity contribution in [1.29, 1.82) is 0 Å². The molecular weight excluding hydrogens is 492 g/mol. The van der Waals surface area contributed by atoms with E-state index in [2.05, 4.69) is 5.32 Å². The number of carboxylic acids is 4. The fourth-order valence-electron chi connectivity index (χ4n) is 3.98. The van der Waals surface area contributed by atoms with E-state index in [1.807, 2.05) is 0 Å². The maximum atomic E-state index is 12.7. The standard InChI is InChI=1S/C22H40N6O9/c23-4-2-1-3-17(22(36)37)24-18(29)13-25-5-7-26(14-19(30)31)9-11-28(16-21(34)35)12-10-27(8-6-25)15-20(32)33/h17H,1-16,23H2,(H,24,29)(H,30,31)(H,32,33)(H,34,35)(H,36,37). The molecule has 1 atom stereocenters. The summed E-state index contributed by atoms with van der Waals surface area (Å²) in [6.45, 7) is 1.60. The Kier molecular flexibility index (Phi) is 15.3. The van der Waals surface area contributed by atoms with E-state index in [0.717, 1.165) is 0 Å². The number of nitrogens with zero attached hydrogens (tertiary/aromatic N) is 4. The van der Waals surface area contributed by atoms with Crippen LogP contribution in [0.1, 0.15) is 19.3 Å². The van der Waals surface area contributed by atoms with Crippen molar-refractivity contribution < 1.29 is 44.4 Å². The number of hydrogen-bond donors (Lipinski definition) is 6. The number of nitrogens with two attached hydrogens (primary N) is 1. The van der Waals surface area contributed by atoms with E-state index < -0.39 is 35.8 Å². The molecular formula is C22H40N6O9. The molecule has 1 amide bonds. The van der Waals surface area contributed by atoms with E-state index in [0.29, 0.717) is 19.4 Å². The Morgan fingerprint density at radius 1 is 0.622 bits per heavy atom. The molecule has 1 rings (SSSR count). The number of hydrogen-bond acceptors (Lipinski definition) is 10. The number of carbonyl (C=O) groups is 5. The Morgan fingerprint density at radius 2 is 0.973 bits per heavy atom. The molecule has 0 spiro atoms. The minimum atomic E-state index is -1.15. The van der Waals surface area contributed by atoms with E-state index in [-0.39, 0.29) is 85.0 Å². The summed E-state index contributed by atoms with van der Waals surface area (Å²) in [5.74, 6) is -4.78. The van der Waals surface area contributed by atoms with Crippen LogP contribution >= 0.6 is 0 Å². The Balaban J connectivity index is 2.96. The van der Waals surface area contributed by atoms with Gasteiger partial charge in [-0.05, 0) is 25.8 Å². The van der Waals surface area contributed by atoms with E-state index in [9.17, 15) is 44.4 Å². The molecule has 0 saturated carbocycles. The van der Waals surface area contributed by atoms with Gasteiger partial charge in [-0.1, -0.05) is 0 Å². The zero-order valence-corrected chi connectivity index (χ0v) is 21.1. The molecule has 1 heterocycles. The fourth-order valence-corrected chi connectivity index (χ4v) is 3.98. The van der Waals surface area contributed by atoms with Gasteiger partial charge in [-0.15, -0.1) is 0 Å². The van der Waals surface area contributed by atoms with Gasteiger partial charge in [0.15, 0.2) is 0 Å². The summed E-state index contributed by atoms with van der Waals surface area (Å²) in [5.41, 5.74) is 5.45. The predicted octanol–water partition coefficient (Wildman–Crippen LogP) is -2.84. The summed E-state index contributed by atoms with van der Waals surface area (Å²) in [4.78, 5) is 64.8. The second kappa shape index (κ2) is 17.6. The van der Waals surface area contributed by atoms with Gasteiger partial charge in [0.05, 0.1) is 26.2 Å². The van der Waals surface area contributed by atoms with Crippen molar-refractivity contribution in [1.82, 2.24) is 24.9 Å². The average Bonchev–Trinajstić information content (AvgIpc) is 2.79. The number of nitrogens with one attached hydrogen (secondary N) is 1. The van der Waals surface area contributed by atoms with Gasteiger partial charge in [-0.3, -0.25) is 38.8 Å². The topological polar surface area (TPSA) is 217 Å². The first-order valence-corrected chi connectivity index (χ1v) is 12.3. The third-order valence-electron chi connectivity index (χ3n) is 5.95. The lowest BCUT2D eigenvalue weighted by atomic mass is 10.1. The maximum Gasteiger partial charge on any atom is 0.326 e. The third-order valence-corrected chi connectivity index (χ3v) is 5.95. The van der Waals surface area contributed by atoms with Crippen LogP contribution in [0.25, 0.3) is 0 Å². The molecule has 15 heteroatoms. The van der Waals surface area contributed by atoms with Crippen molar-refractivity contribution in [2.75, 3.05) is 85.1 Å². The molecule has 15 nitrogen and oxygen atoms in total. The van der Waals surface area contributed by atoms with E-state index in [1.165, 1.54) is 0 Å². The normalized spacial score (nSPS) is 18.3. The first-order valence-electron chi connectivity index (χ1n) is 12.3. The zero-order chi connectivity index (χ0) is 27.8. The molecule has 1 aliphatic heterocycles. The molecule has 0 radical (unpaired) electrons. The van der Waals surface area contributed by atoms with Gasteiger partial charge in [0.2, 0.25) is 5.91 Å². The summed E-state index contributed by atoms with van der Waals surface area (Å²) in [6.07, 6.45) is 1.42. The molecule has 212 valence electrons. The minimum Gasteiger partial charge on any atom is -0.480 e. The lowest BCUT2D eigenvalue weighted by Gasteiger charge is -2.33. The molecule has 7 N–H and O–H groups in total. The summed E-state index contributed by atoms with van der Waals surface area (Å²) in [7, 11) is 0. The van der Waals surface area contributed by atoms with Gasteiger partial charge in [0, 0.05) is 52.4 Å². The first kappa shape index (κ1) is 32.2. The number of rotatable bonds is 14. The molecule has 1 aliphatic rings. The van der Waals surface area contributed by atoms with Crippen LogP contribution in [0.2, 0.25) is 0 Å². The van der Waals surface area contributed by atoms with Crippen molar-refractivity contribution >= 4 is 29.8 Å². The van der Waals surface area contributed by atoms with Crippen LogP contribution in [-0.2, 0) is 24.0 Å². The van der Waals surface area contributed by atoms with Gasteiger partial charge in [-0.25, -0.2) is 4.79 Å². The van der Waals surface area contributed by atoms with E-state index >= 15 is 0 Å². The van der Waals surface area contributed by atoms with Crippen LogP contribution in [0.5, 0.6) is 0 Å². The number of carbonyl (C=O) groups excluding carboxylic acids is 1. The predicted molar refractivity (Wildman–Crippen MR) is 131 cm³/mol. The van der Waals surface area contributed by atoms with Crippen molar-refractivity contribution in [3.8, 4) is 0 Å². The molecule has 37 heavy (non-hydrogen) atoms. The summed E-state index contributed by atoms with van der Waals surface area (Å²) in [6, 6.07) is -1.06. The second-order valence-electron chi connectivity index (χ2n) is 9.03. The monoisotopic (exact) mass is 532 g/mol. The first-order chi connectivity index (χ1) is 17.5. The number of unbranched alkanes of at least 4 members (excludes halogenated alkanes) is 1. The largest absolute Gasteiger partial charge is 0.480 e. The van der Waals surface area contributed by atoms with Crippen LogP contribution in [0.15, 0.2) is 0 Å². The quantitative estimate of drug-likeness (QED) is 0.124. The van der Waals surface area contributed by atoms with Gasteiger partial charge >= 0.3 is 23.9 Å². The Morgan fingerprint density at radius 3 is 1.27 bits per heavy atom. The summed E-state index contributed by atoms with van der Waals surface area (Å²) < 4.78 is 0. The third kappa shape index (κ3) is 15.1. The molecule has 1 unspecified atom stereocenters. The van der Waals surface area contributed by atoms with Crippen molar-refractivity contribution in [3.63, 3.8) is 0 Å². The molecule has 1 fully saturated rings. The van der Waals surface area contributed by atoms with Crippen molar-refractivity contribution in [3.05, 3.63) is 0 Å². The highest BCUT2D eigenvalue weighted by molar-refractivity contribution is 5.84. The van der Waals surface area contributed by atoms with Crippen molar-refractivity contribution in [2.45, 2.75) is 25.3 Å². The van der Waals surface area contributed by atoms with Crippen LogP contribution in [-0.4, -0.2) is 161 Å². The average molecular weight is 533 g/mol. The smallest absolute Gasteiger partial charge is 0.326 e. The molecule has 1 saturated heterocycles. The van der Waals surface area contributed by atoms with Gasteiger partial charge in [0.25, 0.3) is 0 Å². The Labute approximate surface area is 215 Å². The minimum absolute atomic E-state index is 0.145. The molecule has 0 aromatic rings. The van der Waals surface area contributed by atoms with Crippen LogP contribution < -0.4 is 11.1 Å². The fraction of sp³-hybridized carbons (Fsp3) is 0.773. The number of carboxylic acid groups (broad SMARTS) is 4. The van der Waals surface area contributed by atoms with E-state index in [4.69, 9.17) is 5.73 Å². The van der Waals surface area contributed by atoms with Gasteiger partial charge in [0.1, 0.15) is 6.04 Å². The van der Waals surface area contributed by atoms with Gasteiger partial charge in [-0.2, -0.15) is 0 Å². The van der Waals surface area contributed by atoms with Crippen molar-refractivity contribution in [2.24, 2.45) is 5.73 Å². The highest BCUT2D eigenvalue weighted by Gasteiger charge is 2.23. The van der Waals surface area contributed by atoms with E-state index in [1.54, 1.807) is 19.6 Å². The Hall–Kier alpha value is -2.85. The molecule has 0 bridgehead atoms. The SMILES string of the molecule is NCCCCC(NC(=O)CN1CCN(CC(=O)O)CCN(CC(=O)O)CCN(CC(=O)O)CC1)C(=O)O. The van der Waals surface area contributed by atoms with Crippen LogP contribution in [0.4, 0.5) is 0 Å². The lowest BCUT2D eigenvalue weighted by molar-refractivity contribution is -0.142. The lowest BCUT2D eigenvalue weighted by Crippen LogP contribution is -2.51. The summed E-state index contributed by atoms with van der Waals surface area (Å²) in [5, 5.41) is 39.7. The van der Waals surface area contributed by atoms with Gasteiger partial charge < -0.3 is 31.5 Å². The second-order valence-corrected chi connectivity index (χ2v) is 9.03. The molecule has 0 aromatic heterocycles. The summed E-state index contributed by atoms with van der Waals surface area (Å²) >= 11 is 0. The van der Waals surface area contributed by atoms with Crippen LogP contribution in [0.3, 0.4) is 0 Å².